The fourth-order valence-electron chi connectivity index (χ4n) is 4.90. The highest BCUT2D eigenvalue weighted by Gasteiger charge is 2.25. The standard InChI is InChI=1S/C29H29N3O3/c1-20-11-12-27(21(2)17-20)30-13-15-31(16-14-30)28(33)26-19-32(22-7-6-8-23(18-22)35-3)29(34)25-10-5-4-9-24(25)26/h4-12,17-19H,13-16H2,1-3H3. The lowest BCUT2D eigenvalue weighted by molar-refractivity contribution is 0.0748. The zero-order chi connectivity index (χ0) is 24.5. The predicted molar refractivity (Wildman–Crippen MR) is 140 cm³/mol. The summed E-state index contributed by atoms with van der Waals surface area (Å²) >= 11 is 0. The summed E-state index contributed by atoms with van der Waals surface area (Å²) in [4.78, 5) is 31.3. The SMILES string of the molecule is COc1cccc(-n2cc(C(=O)N3CCN(c4ccc(C)cc4C)CC3)c3ccccc3c2=O)c1. The fourth-order valence-corrected chi connectivity index (χ4v) is 4.90. The maximum Gasteiger partial charge on any atom is 0.262 e. The minimum Gasteiger partial charge on any atom is -0.497 e. The van der Waals surface area contributed by atoms with E-state index in [1.165, 1.54) is 16.8 Å². The Morgan fingerprint density at radius 3 is 2.31 bits per heavy atom. The number of carbonyl (C=O) groups is 1. The normalized spacial score (nSPS) is 13.8. The van der Waals surface area contributed by atoms with Gasteiger partial charge in [-0.25, -0.2) is 0 Å². The molecule has 1 aliphatic heterocycles. The lowest BCUT2D eigenvalue weighted by Gasteiger charge is -2.37. The third-order valence-electron chi connectivity index (χ3n) is 6.75. The van der Waals surface area contributed by atoms with Gasteiger partial charge in [0.25, 0.3) is 11.5 Å². The smallest absolute Gasteiger partial charge is 0.262 e. The number of hydrogen-bond acceptors (Lipinski definition) is 4. The Morgan fingerprint density at radius 1 is 0.857 bits per heavy atom. The highest BCUT2D eigenvalue weighted by atomic mass is 16.5. The first-order valence-corrected chi connectivity index (χ1v) is 11.9. The molecule has 0 bridgehead atoms. The Kier molecular flexibility index (Phi) is 6.03. The minimum atomic E-state index is -0.162. The summed E-state index contributed by atoms with van der Waals surface area (Å²) in [5.74, 6) is 0.594. The van der Waals surface area contributed by atoms with E-state index < -0.39 is 0 Å². The summed E-state index contributed by atoms with van der Waals surface area (Å²) in [5.41, 5.74) is 4.75. The van der Waals surface area contributed by atoms with Gasteiger partial charge in [-0.2, -0.15) is 0 Å². The van der Waals surface area contributed by atoms with Crippen LogP contribution in [-0.2, 0) is 0 Å². The molecule has 3 aromatic carbocycles. The van der Waals surface area contributed by atoms with E-state index in [-0.39, 0.29) is 11.5 Å². The summed E-state index contributed by atoms with van der Waals surface area (Å²) < 4.78 is 6.89. The highest BCUT2D eigenvalue weighted by molar-refractivity contribution is 6.06. The van der Waals surface area contributed by atoms with Crippen LogP contribution in [0.3, 0.4) is 0 Å². The number of hydrogen-bond donors (Lipinski definition) is 0. The van der Waals surface area contributed by atoms with Crippen LogP contribution in [0.4, 0.5) is 5.69 Å². The third kappa shape index (κ3) is 4.28. The summed E-state index contributed by atoms with van der Waals surface area (Å²) in [6.07, 6.45) is 1.68. The minimum absolute atomic E-state index is 0.0573. The first-order valence-electron chi connectivity index (χ1n) is 11.9. The lowest BCUT2D eigenvalue weighted by Crippen LogP contribution is -2.49. The van der Waals surface area contributed by atoms with Gasteiger partial charge in [-0.3, -0.25) is 14.2 Å². The average Bonchev–Trinajstić information content (AvgIpc) is 2.89. The van der Waals surface area contributed by atoms with Gasteiger partial charge in [-0.1, -0.05) is 42.0 Å². The number of ether oxygens (including phenoxy) is 1. The van der Waals surface area contributed by atoms with Gasteiger partial charge in [0.05, 0.1) is 18.4 Å². The van der Waals surface area contributed by atoms with Crippen molar-refractivity contribution in [3.8, 4) is 11.4 Å². The monoisotopic (exact) mass is 467 g/mol. The second-order valence-electron chi connectivity index (χ2n) is 9.03. The molecular formula is C29H29N3O3. The Balaban J connectivity index is 1.48. The second kappa shape index (κ2) is 9.29. The molecule has 1 fully saturated rings. The van der Waals surface area contributed by atoms with Crippen LogP contribution in [0.25, 0.3) is 16.5 Å². The van der Waals surface area contributed by atoms with E-state index in [4.69, 9.17) is 4.74 Å². The number of amides is 1. The van der Waals surface area contributed by atoms with E-state index in [2.05, 4.69) is 36.9 Å². The molecule has 0 aliphatic carbocycles. The van der Waals surface area contributed by atoms with Gasteiger partial charge < -0.3 is 14.5 Å². The Morgan fingerprint density at radius 2 is 1.60 bits per heavy atom. The molecule has 6 nitrogen and oxygen atoms in total. The van der Waals surface area contributed by atoms with Crippen molar-refractivity contribution in [2.24, 2.45) is 0 Å². The number of benzene rings is 3. The van der Waals surface area contributed by atoms with Crippen molar-refractivity contribution in [2.75, 3.05) is 38.2 Å². The maximum absolute atomic E-state index is 13.8. The summed E-state index contributed by atoms with van der Waals surface area (Å²) in [6.45, 7) is 7.01. The molecule has 4 aromatic rings. The van der Waals surface area contributed by atoms with Gasteiger partial charge in [-0.05, 0) is 43.7 Å². The third-order valence-corrected chi connectivity index (χ3v) is 6.75. The van der Waals surface area contributed by atoms with E-state index in [0.29, 0.717) is 40.9 Å². The van der Waals surface area contributed by atoms with Crippen molar-refractivity contribution in [3.63, 3.8) is 0 Å². The molecular weight excluding hydrogens is 438 g/mol. The largest absolute Gasteiger partial charge is 0.497 e. The van der Waals surface area contributed by atoms with Crippen molar-refractivity contribution in [1.82, 2.24) is 9.47 Å². The number of carbonyl (C=O) groups excluding carboxylic acids is 1. The molecule has 0 N–H and O–H groups in total. The van der Waals surface area contributed by atoms with Gasteiger partial charge in [0.2, 0.25) is 0 Å². The molecule has 0 atom stereocenters. The summed E-state index contributed by atoms with van der Waals surface area (Å²) in [6, 6.07) is 21.1. The highest BCUT2D eigenvalue weighted by Crippen LogP contribution is 2.25. The molecule has 0 unspecified atom stereocenters. The fraction of sp³-hybridized carbons (Fsp3) is 0.241. The van der Waals surface area contributed by atoms with Gasteiger partial charge in [0.1, 0.15) is 5.75 Å². The van der Waals surface area contributed by atoms with Crippen LogP contribution in [0.2, 0.25) is 0 Å². The number of aromatic nitrogens is 1. The lowest BCUT2D eigenvalue weighted by atomic mass is 10.1. The van der Waals surface area contributed by atoms with Crippen LogP contribution >= 0.6 is 0 Å². The number of aryl methyl sites for hydroxylation is 2. The molecule has 1 amide bonds. The molecule has 0 radical (unpaired) electrons. The zero-order valence-corrected chi connectivity index (χ0v) is 20.3. The second-order valence-corrected chi connectivity index (χ2v) is 9.03. The average molecular weight is 468 g/mol. The van der Waals surface area contributed by atoms with Crippen molar-refractivity contribution < 1.29 is 9.53 Å². The van der Waals surface area contributed by atoms with Crippen molar-refractivity contribution in [2.45, 2.75) is 13.8 Å². The van der Waals surface area contributed by atoms with E-state index in [0.717, 1.165) is 13.1 Å². The molecule has 1 aromatic heterocycles. The quantitative estimate of drug-likeness (QED) is 0.441. The number of pyridine rings is 1. The molecule has 1 aliphatic rings. The van der Waals surface area contributed by atoms with Crippen LogP contribution in [0.5, 0.6) is 5.75 Å². The molecule has 35 heavy (non-hydrogen) atoms. The molecule has 5 rings (SSSR count). The predicted octanol–water partition coefficient (Wildman–Crippen LogP) is 4.58. The van der Waals surface area contributed by atoms with Crippen LogP contribution in [0.15, 0.2) is 77.7 Å². The number of anilines is 1. The molecule has 0 saturated carbocycles. The van der Waals surface area contributed by atoms with Gasteiger partial charge >= 0.3 is 0 Å². The van der Waals surface area contributed by atoms with E-state index >= 15 is 0 Å². The zero-order valence-electron chi connectivity index (χ0n) is 20.3. The molecule has 1 saturated heterocycles. The number of piperazine rings is 1. The molecule has 0 spiro atoms. The Labute approximate surface area is 205 Å². The van der Waals surface area contributed by atoms with Gasteiger partial charge in [0, 0.05) is 54.9 Å². The van der Waals surface area contributed by atoms with Crippen LogP contribution < -0.4 is 15.2 Å². The van der Waals surface area contributed by atoms with Crippen LogP contribution in [0.1, 0.15) is 21.5 Å². The first-order chi connectivity index (χ1) is 17.0. The maximum atomic E-state index is 13.8. The van der Waals surface area contributed by atoms with Crippen molar-refractivity contribution in [1.29, 1.82) is 0 Å². The van der Waals surface area contributed by atoms with Gasteiger partial charge in [0.15, 0.2) is 0 Å². The van der Waals surface area contributed by atoms with E-state index in [1.807, 2.05) is 41.3 Å². The van der Waals surface area contributed by atoms with Crippen LogP contribution in [0, 0.1) is 13.8 Å². The summed E-state index contributed by atoms with van der Waals surface area (Å²) in [5, 5.41) is 1.20. The van der Waals surface area contributed by atoms with Gasteiger partial charge in [-0.15, -0.1) is 0 Å². The Hall–Kier alpha value is -4.06. The first kappa shape index (κ1) is 22.7. The Bertz CT molecular complexity index is 1470. The number of nitrogens with zero attached hydrogens (tertiary/aromatic N) is 3. The number of methoxy groups -OCH3 is 1. The number of rotatable bonds is 4. The number of fused-ring (bicyclic) bond motifs is 1. The van der Waals surface area contributed by atoms with E-state index in [1.54, 1.807) is 30.0 Å². The molecule has 2 heterocycles. The topological polar surface area (TPSA) is 54.8 Å². The molecule has 6 heteroatoms. The van der Waals surface area contributed by atoms with Crippen LogP contribution in [-0.4, -0.2) is 48.7 Å². The van der Waals surface area contributed by atoms with E-state index in [9.17, 15) is 9.59 Å². The summed E-state index contributed by atoms with van der Waals surface area (Å²) in [7, 11) is 1.59. The molecule has 178 valence electrons. The van der Waals surface area contributed by atoms with Crippen molar-refractivity contribution >= 4 is 22.4 Å². The van der Waals surface area contributed by atoms with Crippen molar-refractivity contribution in [3.05, 3.63) is 100.0 Å².